The van der Waals surface area contributed by atoms with E-state index in [-0.39, 0.29) is 22.2 Å². The second-order valence-corrected chi connectivity index (χ2v) is 9.33. The van der Waals surface area contributed by atoms with Crippen LogP contribution in [0.2, 0.25) is 0 Å². The first-order valence-corrected chi connectivity index (χ1v) is 12.0. The van der Waals surface area contributed by atoms with Crippen LogP contribution >= 0.6 is 11.3 Å². The smallest absolute Gasteiger partial charge is 0.296 e. The highest BCUT2D eigenvalue weighted by Crippen LogP contribution is 2.44. The Balaban J connectivity index is 1.49. The van der Waals surface area contributed by atoms with Gasteiger partial charge in [0.25, 0.3) is 11.6 Å². The number of aliphatic hydroxyl groups is 1. The summed E-state index contributed by atoms with van der Waals surface area (Å²) in [4.78, 5) is 47.8. The van der Waals surface area contributed by atoms with Crippen LogP contribution in [0.1, 0.15) is 22.3 Å². The lowest BCUT2D eigenvalue weighted by atomic mass is 9.98. The molecule has 0 spiro atoms. The molecule has 188 valence electrons. The summed E-state index contributed by atoms with van der Waals surface area (Å²) >= 11 is 1.02. The number of non-ortho nitro benzene ring substituents is 1. The second kappa shape index (κ2) is 8.78. The first-order valence-electron chi connectivity index (χ1n) is 11.2. The van der Waals surface area contributed by atoms with Gasteiger partial charge in [0.15, 0.2) is 28.0 Å². The number of nitrogens with zero attached hydrogens (tertiary/aromatic N) is 4. The third-order valence-corrected chi connectivity index (χ3v) is 7.17. The molecule has 3 aromatic heterocycles. The van der Waals surface area contributed by atoms with Crippen molar-refractivity contribution in [1.82, 2.24) is 9.97 Å². The van der Waals surface area contributed by atoms with Crippen LogP contribution in [0.15, 0.2) is 82.6 Å². The van der Waals surface area contributed by atoms with Gasteiger partial charge in [0.05, 0.1) is 33.5 Å². The van der Waals surface area contributed by atoms with E-state index in [0.717, 1.165) is 11.3 Å². The summed E-state index contributed by atoms with van der Waals surface area (Å²) in [6.45, 7) is 0. The molecular formula is C26H16N4O7S. The maximum Gasteiger partial charge on any atom is 0.296 e. The molecule has 1 aliphatic rings. The molecule has 0 radical (unpaired) electrons. The van der Waals surface area contributed by atoms with Crippen molar-refractivity contribution in [3.8, 4) is 5.75 Å². The molecule has 11 nitrogen and oxygen atoms in total. The van der Waals surface area contributed by atoms with Crippen LogP contribution in [0.5, 0.6) is 5.75 Å². The Labute approximate surface area is 217 Å². The van der Waals surface area contributed by atoms with E-state index in [1.165, 1.54) is 42.5 Å². The van der Waals surface area contributed by atoms with Gasteiger partial charge in [0.1, 0.15) is 6.04 Å². The van der Waals surface area contributed by atoms with Gasteiger partial charge in [-0.25, -0.2) is 4.98 Å². The zero-order chi connectivity index (χ0) is 26.6. The molecule has 4 heterocycles. The van der Waals surface area contributed by atoms with E-state index in [2.05, 4.69) is 9.97 Å². The van der Waals surface area contributed by atoms with Gasteiger partial charge in [0.2, 0.25) is 5.78 Å². The molecule has 1 unspecified atom stereocenters. The molecule has 5 aromatic rings. The van der Waals surface area contributed by atoms with Gasteiger partial charge in [-0.1, -0.05) is 29.5 Å². The van der Waals surface area contributed by atoms with Crippen LogP contribution in [0.4, 0.5) is 10.8 Å². The Morgan fingerprint density at radius 1 is 1.18 bits per heavy atom. The minimum absolute atomic E-state index is 0.0958. The molecule has 0 aliphatic carbocycles. The predicted molar refractivity (Wildman–Crippen MR) is 137 cm³/mol. The van der Waals surface area contributed by atoms with Crippen LogP contribution in [-0.2, 0) is 4.79 Å². The van der Waals surface area contributed by atoms with E-state index in [9.17, 15) is 24.8 Å². The van der Waals surface area contributed by atoms with Gasteiger partial charge in [-0.2, -0.15) is 0 Å². The first-order chi connectivity index (χ1) is 18.4. The van der Waals surface area contributed by atoms with E-state index in [1.54, 1.807) is 36.4 Å². The van der Waals surface area contributed by atoms with E-state index in [1.807, 2.05) is 0 Å². The largest absolute Gasteiger partial charge is 0.503 e. The van der Waals surface area contributed by atoms with Crippen molar-refractivity contribution in [1.29, 1.82) is 0 Å². The number of pyridine rings is 1. The van der Waals surface area contributed by atoms with Crippen molar-refractivity contribution in [3.05, 3.63) is 99.8 Å². The lowest BCUT2D eigenvalue weighted by molar-refractivity contribution is -0.384. The molecule has 0 fully saturated rings. The fraction of sp³-hybridized carbons (Fsp3) is 0.0769. The Kier molecular flexibility index (Phi) is 5.39. The number of hydrogen-bond donors (Lipinski definition) is 1. The minimum atomic E-state index is -1.12. The number of thiazole rings is 1. The van der Waals surface area contributed by atoms with E-state index in [4.69, 9.17) is 9.15 Å². The number of anilines is 1. The van der Waals surface area contributed by atoms with Gasteiger partial charge in [-0.3, -0.25) is 29.6 Å². The number of amides is 1. The number of hydrogen-bond acceptors (Lipinski definition) is 10. The number of nitro benzene ring substituents is 1. The van der Waals surface area contributed by atoms with E-state index < -0.39 is 28.4 Å². The van der Waals surface area contributed by atoms with Crippen molar-refractivity contribution in [2.75, 3.05) is 12.0 Å². The molecule has 38 heavy (non-hydrogen) atoms. The molecule has 12 heteroatoms. The molecule has 1 N–H and O–H groups in total. The van der Waals surface area contributed by atoms with Crippen molar-refractivity contribution < 1.29 is 28.8 Å². The number of ether oxygens (including phenoxy) is 1. The highest BCUT2D eigenvalue weighted by Gasteiger charge is 2.47. The molecule has 2 aromatic carbocycles. The summed E-state index contributed by atoms with van der Waals surface area (Å²) in [5.41, 5.74) is 0.733. The van der Waals surface area contributed by atoms with Gasteiger partial charge in [-0.15, -0.1) is 0 Å². The number of benzene rings is 2. The molecule has 0 bridgehead atoms. The number of fused-ring (bicyclic) bond motifs is 2. The van der Waals surface area contributed by atoms with Crippen LogP contribution < -0.4 is 9.64 Å². The number of aliphatic hydroxyl groups excluding tert-OH is 1. The normalized spacial score (nSPS) is 15.6. The van der Waals surface area contributed by atoms with Gasteiger partial charge in [0, 0.05) is 23.7 Å². The van der Waals surface area contributed by atoms with Crippen LogP contribution in [-0.4, -0.2) is 38.8 Å². The highest BCUT2D eigenvalue weighted by atomic mass is 32.1. The zero-order valence-corrected chi connectivity index (χ0v) is 20.3. The van der Waals surface area contributed by atoms with Gasteiger partial charge >= 0.3 is 0 Å². The Morgan fingerprint density at radius 2 is 2.03 bits per heavy atom. The Morgan fingerprint density at radius 3 is 2.76 bits per heavy atom. The lowest BCUT2D eigenvalue weighted by Gasteiger charge is -2.23. The van der Waals surface area contributed by atoms with Crippen LogP contribution in [0.25, 0.3) is 21.2 Å². The van der Waals surface area contributed by atoms with Crippen molar-refractivity contribution in [2.45, 2.75) is 6.04 Å². The molecular weight excluding hydrogens is 512 g/mol. The average molecular weight is 529 g/mol. The van der Waals surface area contributed by atoms with Crippen molar-refractivity contribution in [3.63, 3.8) is 0 Å². The van der Waals surface area contributed by atoms with Crippen LogP contribution in [0, 0.1) is 10.1 Å². The number of ketones is 1. The molecule has 0 saturated heterocycles. The summed E-state index contributed by atoms with van der Waals surface area (Å²) in [6.07, 6.45) is 1.50. The number of para-hydroxylation sites is 1. The summed E-state index contributed by atoms with van der Waals surface area (Å²) in [7, 11) is 1.48. The highest BCUT2D eigenvalue weighted by molar-refractivity contribution is 7.22. The summed E-state index contributed by atoms with van der Waals surface area (Å²) in [5.74, 6) is -1.99. The number of furan rings is 1. The summed E-state index contributed by atoms with van der Waals surface area (Å²) < 4.78 is 11.6. The second-order valence-electron chi connectivity index (χ2n) is 8.32. The van der Waals surface area contributed by atoms with Crippen molar-refractivity contribution in [2.24, 2.45) is 0 Å². The quantitative estimate of drug-likeness (QED) is 0.180. The third-order valence-electron chi connectivity index (χ3n) is 6.15. The number of carbonyl (C=O) groups excluding carboxylic acids is 2. The number of carbonyl (C=O) groups is 2. The maximum atomic E-state index is 13.8. The number of methoxy groups -OCH3 is 1. The monoisotopic (exact) mass is 528 g/mol. The zero-order valence-electron chi connectivity index (χ0n) is 19.5. The fourth-order valence-electron chi connectivity index (χ4n) is 4.41. The van der Waals surface area contributed by atoms with E-state index >= 15 is 0 Å². The Hall–Kier alpha value is -5.10. The van der Waals surface area contributed by atoms with Crippen molar-refractivity contribution >= 4 is 55.0 Å². The SMILES string of the molecule is COc1cccc2cc(C(=O)C3=C(O)C(=O)N(c4nc5ccc([N+](=O)[O-])cc5s4)C3c3ccccn3)oc12. The number of rotatable bonds is 6. The minimum Gasteiger partial charge on any atom is -0.503 e. The standard InChI is InChI=1S/C26H16N4O7S/c1-36-17-7-4-5-13-11-18(37-24(13)17)22(31)20-21(16-6-2-3-10-27-16)29(25(33)23(20)32)26-28-15-9-8-14(30(34)35)12-19(15)38-26/h2-12,21,32H,1H3. The van der Waals surface area contributed by atoms with Gasteiger partial charge in [-0.05, 0) is 30.3 Å². The molecule has 0 saturated carbocycles. The lowest BCUT2D eigenvalue weighted by Crippen LogP contribution is -2.31. The molecule has 1 amide bonds. The van der Waals surface area contributed by atoms with Gasteiger partial charge < -0.3 is 14.3 Å². The third kappa shape index (κ3) is 3.58. The average Bonchev–Trinajstić information content (AvgIpc) is 3.62. The van der Waals surface area contributed by atoms with Crippen LogP contribution in [0.3, 0.4) is 0 Å². The number of Topliss-reactive ketones (excluding diaryl/α,β-unsaturated/α-hetero) is 1. The first kappa shape index (κ1) is 23.3. The predicted octanol–water partition coefficient (Wildman–Crippen LogP) is 5.14. The number of aromatic nitrogens is 2. The molecule has 6 rings (SSSR count). The fourth-order valence-corrected chi connectivity index (χ4v) is 5.44. The Bertz CT molecular complexity index is 1810. The molecule has 1 atom stereocenters. The summed E-state index contributed by atoms with van der Waals surface area (Å²) in [6, 6.07) is 14.7. The maximum absolute atomic E-state index is 13.8. The number of nitro groups is 1. The van der Waals surface area contributed by atoms with E-state index in [0.29, 0.717) is 32.6 Å². The topological polar surface area (TPSA) is 149 Å². The molecule has 1 aliphatic heterocycles. The summed E-state index contributed by atoms with van der Waals surface area (Å²) in [5, 5.41) is 22.9.